The van der Waals surface area contributed by atoms with Crippen LogP contribution in [-0.4, -0.2) is 31.2 Å². The van der Waals surface area contributed by atoms with Crippen molar-refractivity contribution in [3.63, 3.8) is 0 Å². The van der Waals surface area contributed by atoms with Gasteiger partial charge in [-0.15, -0.1) is 0 Å². The number of methoxy groups -OCH3 is 1. The zero-order chi connectivity index (χ0) is 24.4. The summed E-state index contributed by atoms with van der Waals surface area (Å²) in [5.74, 6) is 0.242. The van der Waals surface area contributed by atoms with Gasteiger partial charge >= 0.3 is 0 Å². The van der Waals surface area contributed by atoms with Crippen LogP contribution < -0.4 is 5.32 Å². The Hall–Kier alpha value is -3.86. The van der Waals surface area contributed by atoms with Crippen molar-refractivity contribution in [3.05, 3.63) is 120 Å². The van der Waals surface area contributed by atoms with Crippen LogP contribution in [0.3, 0.4) is 0 Å². The quantitative estimate of drug-likeness (QED) is 0.253. The zero-order valence-corrected chi connectivity index (χ0v) is 20.3. The van der Waals surface area contributed by atoms with Crippen molar-refractivity contribution in [2.75, 3.05) is 26.5 Å². The highest BCUT2D eigenvalue weighted by Crippen LogP contribution is 2.43. The van der Waals surface area contributed by atoms with E-state index in [0.29, 0.717) is 5.56 Å². The van der Waals surface area contributed by atoms with Crippen LogP contribution in [-0.2, 0) is 4.74 Å². The number of hydrogen-bond donors (Lipinski definition) is 2. The molecular formula is C31H30N2O2. The van der Waals surface area contributed by atoms with E-state index in [4.69, 9.17) is 4.74 Å². The molecule has 4 heteroatoms. The second kappa shape index (κ2) is 9.79. The van der Waals surface area contributed by atoms with Gasteiger partial charge in [-0.1, -0.05) is 91.0 Å². The number of phenolic OH excluding ortho intramolecular Hbond substituents is 1. The molecule has 2 N–H and O–H groups in total. The van der Waals surface area contributed by atoms with Gasteiger partial charge in [-0.05, 0) is 48.0 Å². The fourth-order valence-corrected chi connectivity index (χ4v) is 4.98. The largest absolute Gasteiger partial charge is 0.507 e. The molecule has 0 saturated carbocycles. The summed E-state index contributed by atoms with van der Waals surface area (Å²) in [6, 6.07) is 34.8. The number of nitrogens with one attached hydrogen (secondary N) is 1. The topological polar surface area (TPSA) is 44.7 Å². The highest BCUT2D eigenvalue weighted by atomic mass is 16.5. The van der Waals surface area contributed by atoms with E-state index in [0.717, 1.165) is 38.4 Å². The van der Waals surface area contributed by atoms with Gasteiger partial charge in [0.2, 0.25) is 0 Å². The van der Waals surface area contributed by atoms with Crippen molar-refractivity contribution in [1.29, 1.82) is 0 Å². The monoisotopic (exact) mass is 462 g/mol. The Labute approximate surface area is 206 Å². The fraction of sp³-hybridized carbons (Fsp3) is 0.161. The van der Waals surface area contributed by atoms with Crippen molar-refractivity contribution in [2.45, 2.75) is 12.3 Å². The minimum atomic E-state index is -0.539. The minimum absolute atomic E-state index is 0.129. The molecule has 4 nitrogen and oxygen atoms in total. The molecule has 0 bridgehead atoms. The molecule has 5 aromatic carbocycles. The third kappa shape index (κ3) is 4.34. The second-order valence-electron chi connectivity index (χ2n) is 9.01. The van der Waals surface area contributed by atoms with Crippen molar-refractivity contribution in [3.8, 4) is 5.75 Å². The molecule has 2 atom stereocenters. The van der Waals surface area contributed by atoms with E-state index in [1.54, 1.807) is 7.11 Å². The van der Waals surface area contributed by atoms with Crippen LogP contribution in [0.2, 0.25) is 0 Å². The van der Waals surface area contributed by atoms with Gasteiger partial charge in [0.15, 0.2) is 6.23 Å². The number of nitrogens with zero attached hydrogens (tertiary/aromatic N) is 1. The first-order valence-electron chi connectivity index (χ1n) is 11.8. The lowest BCUT2D eigenvalue weighted by Crippen LogP contribution is -2.22. The lowest BCUT2D eigenvalue weighted by molar-refractivity contribution is 0.124. The summed E-state index contributed by atoms with van der Waals surface area (Å²) in [5, 5.41) is 19.7. The van der Waals surface area contributed by atoms with E-state index in [-0.39, 0.29) is 11.8 Å². The molecule has 0 aliphatic rings. The lowest BCUT2D eigenvalue weighted by Gasteiger charge is -2.30. The summed E-state index contributed by atoms with van der Waals surface area (Å²) in [6.45, 7) is 0. The molecule has 5 aromatic rings. The lowest BCUT2D eigenvalue weighted by atomic mass is 9.89. The Morgan fingerprint density at radius 1 is 0.743 bits per heavy atom. The molecule has 0 radical (unpaired) electrons. The van der Waals surface area contributed by atoms with E-state index >= 15 is 0 Å². The van der Waals surface area contributed by atoms with E-state index in [1.165, 1.54) is 0 Å². The molecule has 0 fully saturated rings. The van der Waals surface area contributed by atoms with Gasteiger partial charge in [0, 0.05) is 29.3 Å². The Bertz CT molecular complexity index is 1460. The van der Waals surface area contributed by atoms with Crippen molar-refractivity contribution >= 4 is 27.2 Å². The van der Waals surface area contributed by atoms with Gasteiger partial charge in [-0.3, -0.25) is 4.90 Å². The number of anilines is 1. The average molecular weight is 463 g/mol. The molecule has 0 aliphatic heterocycles. The van der Waals surface area contributed by atoms with E-state index < -0.39 is 6.23 Å². The first-order valence-corrected chi connectivity index (χ1v) is 11.8. The molecule has 0 spiro atoms. The van der Waals surface area contributed by atoms with Gasteiger partial charge in [0.1, 0.15) is 5.75 Å². The van der Waals surface area contributed by atoms with E-state index in [1.807, 2.05) is 74.8 Å². The second-order valence-corrected chi connectivity index (χ2v) is 9.01. The summed E-state index contributed by atoms with van der Waals surface area (Å²) in [4.78, 5) is 2.14. The van der Waals surface area contributed by atoms with E-state index in [2.05, 4.69) is 52.7 Å². The van der Waals surface area contributed by atoms with Gasteiger partial charge in [0.25, 0.3) is 0 Å². The Balaban J connectivity index is 1.68. The highest BCUT2D eigenvalue weighted by Gasteiger charge is 2.27. The molecule has 0 aromatic heterocycles. The molecule has 0 heterocycles. The number of hydrogen-bond acceptors (Lipinski definition) is 4. The smallest absolute Gasteiger partial charge is 0.157 e. The first-order chi connectivity index (χ1) is 17.1. The zero-order valence-electron chi connectivity index (χ0n) is 20.3. The minimum Gasteiger partial charge on any atom is -0.507 e. The third-order valence-corrected chi connectivity index (χ3v) is 6.59. The predicted octanol–water partition coefficient (Wildman–Crippen LogP) is 7.11. The maximum absolute atomic E-state index is 11.8. The Morgan fingerprint density at radius 2 is 1.37 bits per heavy atom. The van der Waals surface area contributed by atoms with Gasteiger partial charge < -0.3 is 15.2 Å². The Morgan fingerprint density at radius 3 is 2.09 bits per heavy atom. The SMILES string of the molecule is COC(Nc1cccc2ccccc12)c1cc2ccccc2c(C(c2ccccc2)N(C)C)c1O. The average Bonchev–Trinajstić information content (AvgIpc) is 2.89. The molecule has 2 unspecified atom stereocenters. The van der Waals surface area contributed by atoms with Crippen LogP contribution in [0, 0.1) is 0 Å². The van der Waals surface area contributed by atoms with E-state index in [9.17, 15) is 5.11 Å². The summed E-state index contributed by atoms with van der Waals surface area (Å²) in [6.07, 6.45) is -0.539. The molecule has 0 aliphatic carbocycles. The van der Waals surface area contributed by atoms with Crippen LogP contribution in [0.15, 0.2) is 103 Å². The molecule has 0 saturated heterocycles. The summed E-state index contributed by atoms with van der Waals surface area (Å²) >= 11 is 0. The maximum atomic E-state index is 11.8. The molecular weight excluding hydrogens is 432 g/mol. The molecule has 35 heavy (non-hydrogen) atoms. The van der Waals surface area contributed by atoms with Crippen LogP contribution in [0.4, 0.5) is 5.69 Å². The van der Waals surface area contributed by atoms with Crippen molar-refractivity contribution < 1.29 is 9.84 Å². The number of ether oxygens (including phenoxy) is 1. The number of aromatic hydroxyl groups is 1. The van der Waals surface area contributed by atoms with Gasteiger partial charge in [-0.25, -0.2) is 0 Å². The number of fused-ring (bicyclic) bond motifs is 2. The van der Waals surface area contributed by atoms with Crippen LogP contribution in [0.5, 0.6) is 5.75 Å². The summed E-state index contributed by atoms with van der Waals surface area (Å²) < 4.78 is 5.94. The molecule has 5 rings (SSSR count). The van der Waals surface area contributed by atoms with Crippen molar-refractivity contribution in [1.82, 2.24) is 4.90 Å². The standard InChI is InChI=1S/C31H30N2O2/c1-33(2)29(22-13-5-4-6-14-22)28-25-18-10-8-15-23(25)20-26(30(28)34)31(35-3)32-27-19-11-16-21-12-7-9-17-24(21)27/h4-20,29,31-32,34H,1-3H3. The molecule has 176 valence electrons. The Kier molecular flexibility index (Phi) is 6.41. The number of phenols is 1. The number of rotatable bonds is 7. The van der Waals surface area contributed by atoms with Crippen LogP contribution in [0.25, 0.3) is 21.5 Å². The van der Waals surface area contributed by atoms with Crippen LogP contribution in [0.1, 0.15) is 29.0 Å². The fourth-order valence-electron chi connectivity index (χ4n) is 4.98. The number of benzene rings is 5. The van der Waals surface area contributed by atoms with Gasteiger partial charge in [0.05, 0.1) is 6.04 Å². The first kappa shape index (κ1) is 22.9. The third-order valence-electron chi connectivity index (χ3n) is 6.59. The summed E-state index contributed by atoms with van der Waals surface area (Å²) in [5.41, 5.74) is 3.65. The van der Waals surface area contributed by atoms with Gasteiger partial charge in [-0.2, -0.15) is 0 Å². The maximum Gasteiger partial charge on any atom is 0.157 e. The highest BCUT2D eigenvalue weighted by molar-refractivity contribution is 5.94. The van der Waals surface area contributed by atoms with Crippen molar-refractivity contribution in [2.24, 2.45) is 0 Å². The van der Waals surface area contributed by atoms with Crippen LogP contribution >= 0.6 is 0 Å². The normalized spacial score (nSPS) is 13.3. The molecule has 0 amide bonds. The predicted molar refractivity (Wildman–Crippen MR) is 145 cm³/mol. The summed E-state index contributed by atoms with van der Waals surface area (Å²) in [7, 11) is 5.75.